The molecule has 0 spiro atoms. The molecule has 3 heteroatoms. The van der Waals surface area contributed by atoms with Gasteiger partial charge in [-0.05, 0) is 45.4 Å². The van der Waals surface area contributed by atoms with E-state index in [4.69, 9.17) is 4.74 Å². The van der Waals surface area contributed by atoms with Gasteiger partial charge in [0.05, 0.1) is 11.7 Å². The maximum absolute atomic E-state index is 6.17. The van der Waals surface area contributed by atoms with Crippen LogP contribution in [0.25, 0.3) is 0 Å². The summed E-state index contributed by atoms with van der Waals surface area (Å²) in [6.07, 6.45) is 10.2. The van der Waals surface area contributed by atoms with Crippen LogP contribution in [-0.4, -0.2) is 48.8 Å². The molecule has 2 heterocycles. The van der Waals surface area contributed by atoms with Crippen molar-refractivity contribution in [1.29, 1.82) is 0 Å². The Hall–Kier alpha value is -0.120. The summed E-state index contributed by atoms with van der Waals surface area (Å²) in [5, 5.41) is 3.78. The molecule has 3 aliphatic rings. The normalized spacial score (nSPS) is 36.3. The summed E-state index contributed by atoms with van der Waals surface area (Å²) in [6, 6.07) is 0.735. The standard InChI is InChI=1S/C17H32N2O/c1-17(2)9-8-15(20-17)12-19-11-10-18-16(13-19)14-6-4-3-5-7-14/h14-16,18H,3-13H2,1-2H3. The van der Waals surface area contributed by atoms with Gasteiger partial charge in [0.2, 0.25) is 0 Å². The van der Waals surface area contributed by atoms with Crippen molar-refractivity contribution in [3.8, 4) is 0 Å². The van der Waals surface area contributed by atoms with Crippen molar-refractivity contribution in [3.63, 3.8) is 0 Å². The molecular formula is C17H32N2O. The average Bonchev–Trinajstić information content (AvgIpc) is 2.79. The van der Waals surface area contributed by atoms with Gasteiger partial charge in [0.1, 0.15) is 0 Å². The van der Waals surface area contributed by atoms with Crippen LogP contribution < -0.4 is 5.32 Å². The Bertz CT molecular complexity index is 312. The predicted octanol–water partition coefficient (Wildman–Crippen LogP) is 2.80. The lowest BCUT2D eigenvalue weighted by Crippen LogP contribution is -2.55. The Morgan fingerprint density at radius 3 is 2.65 bits per heavy atom. The van der Waals surface area contributed by atoms with Gasteiger partial charge in [-0.25, -0.2) is 0 Å². The molecule has 3 fully saturated rings. The molecule has 0 radical (unpaired) electrons. The molecule has 1 aliphatic carbocycles. The van der Waals surface area contributed by atoms with E-state index in [9.17, 15) is 0 Å². The fraction of sp³-hybridized carbons (Fsp3) is 1.00. The van der Waals surface area contributed by atoms with Crippen LogP contribution in [0.1, 0.15) is 58.8 Å². The molecule has 0 aromatic carbocycles. The molecule has 1 N–H and O–H groups in total. The van der Waals surface area contributed by atoms with E-state index in [1.165, 1.54) is 58.0 Å². The maximum Gasteiger partial charge on any atom is 0.0710 e. The Balaban J connectivity index is 1.48. The molecule has 0 amide bonds. The third-order valence-corrected chi connectivity index (χ3v) is 5.52. The van der Waals surface area contributed by atoms with Crippen LogP contribution in [0.15, 0.2) is 0 Å². The lowest BCUT2D eigenvalue weighted by Gasteiger charge is -2.40. The lowest BCUT2D eigenvalue weighted by molar-refractivity contribution is -0.0327. The molecule has 2 unspecified atom stereocenters. The van der Waals surface area contributed by atoms with Crippen molar-refractivity contribution < 1.29 is 4.74 Å². The second-order valence-corrected chi connectivity index (χ2v) is 7.76. The van der Waals surface area contributed by atoms with Crippen molar-refractivity contribution in [2.45, 2.75) is 76.5 Å². The van der Waals surface area contributed by atoms with E-state index in [1.807, 2.05) is 0 Å². The highest BCUT2D eigenvalue weighted by molar-refractivity contribution is 4.88. The number of nitrogens with zero attached hydrogens (tertiary/aromatic N) is 1. The molecule has 1 saturated carbocycles. The van der Waals surface area contributed by atoms with Gasteiger partial charge >= 0.3 is 0 Å². The average molecular weight is 280 g/mol. The van der Waals surface area contributed by atoms with Crippen LogP contribution in [0.4, 0.5) is 0 Å². The van der Waals surface area contributed by atoms with E-state index in [0.29, 0.717) is 6.10 Å². The summed E-state index contributed by atoms with van der Waals surface area (Å²) < 4.78 is 6.17. The Morgan fingerprint density at radius 2 is 1.95 bits per heavy atom. The third kappa shape index (κ3) is 3.75. The molecule has 2 saturated heterocycles. The van der Waals surface area contributed by atoms with Crippen LogP contribution in [0.2, 0.25) is 0 Å². The Labute approximate surface area is 124 Å². The van der Waals surface area contributed by atoms with Crippen molar-refractivity contribution in [2.75, 3.05) is 26.2 Å². The monoisotopic (exact) mass is 280 g/mol. The zero-order chi connectivity index (χ0) is 14.0. The van der Waals surface area contributed by atoms with Crippen LogP contribution in [0, 0.1) is 5.92 Å². The predicted molar refractivity (Wildman–Crippen MR) is 83.0 cm³/mol. The first kappa shape index (κ1) is 14.8. The molecule has 2 atom stereocenters. The number of piperazine rings is 1. The van der Waals surface area contributed by atoms with E-state index >= 15 is 0 Å². The summed E-state index contributed by atoms with van der Waals surface area (Å²) in [5.41, 5.74) is 0.113. The van der Waals surface area contributed by atoms with E-state index in [0.717, 1.165) is 25.0 Å². The molecule has 2 aliphatic heterocycles. The molecule has 3 rings (SSSR count). The number of nitrogens with one attached hydrogen (secondary N) is 1. The van der Waals surface area contributed by atoms with Crippen molar-refractivity contribution in [1.82, 2.24) is 10.2 Å². The second kappa shape index (κ2) is 6.33. The largest absolute Gasteiger partial charge is 0.371 e. The summed E-state index contributed by atoms with van der Waals surface area (Å²) in [4.78, 5) is 2.65. The lowest BCUT2D eigenvalue weighted by atomic mass is 9.83. The summed E-state index contributed by atoms with van der Waals surface area (Å²) in [5.74, 6) is 0.924. The molecule has 116 valence electrons. The second-order valence-electron chi connectivity index (χ2n) is 7.76. The Kier molecular flexibility index (Phi) is 4.68. The van der Waals surface area contributed by atoms with Crippen molar-refractivity contribution in [3.05, 3.63) is 0 Å². The van der Waals surface area contributed by atoms with Gasteiger partial charge in [-0.3, -0.25) is 4.90 Å². The van der Waals surface area contributed by atoms with Gasteiger partial charge in [-0.15, -0.1) is 0 Å². The molecule has 0 aromatic heterocycles. The van der Waals surface area contributed by atoms with E-state index < -0.39 is 0 Å². The molecule has 20 heavy (non-hydrogen) atoms. The van der Waals surface area contributed by atoms with Gasteiger partial charge in [0.25, 0.3) is 0 Å². The molecular weight excluding hydrogens is 248 g/mol. The number of hydrogen-bond donors (Lipinski definition) is 1. The number of ether oxygens (including phenoxy) is 1. The summed E-state index contributed by atoms with van der Waals surface area (Å²) >= 11 is 0. The summed E-state index contributed by atoms with van der Waals surface area (Å²) in [7, 11) is 0. The first-order chi connectivity index (χ1) is 9.62. The fourth-order valence-corrected chi connectivity index (χ4v) is 4.35. The van der Waals surface area contributed by atoms with E-state index in [1.54, 1.807) is 0 Å². The van der Waals surface area contributed by atoms with Gasteiger partial charge in [-0.2, -0.15) is 0 Å². The van der Waals surface area contributed by atoms with Crippen molar-refractivity contribution >= 4 is 0 Å². The minimum atomic E-state index is 0.113. The number of rotatable bonds is 3. The smallest absolute Gasteiger partial charge is 0.0710 e. The van der Waals surface area contributed by atoms with Crippen LogP contribution in [0.5, 0.6) is 0 Å². The number of hydrogen-bond acceptors (Lipinski definition) is 3. The minimum absolute atomic E-state index is 0.113. The van der Waals surface area contributed by atoms with Crippen LogP contribution in [-0.2, 0) is 4.74 Å². The van der Waals surface area contributed by atoms with Crippen molar-refractivity contribution in [2.24, 2.45) is 5.92 Å². The highest BCUT2D eigenvalue weighted by atomic mass is 16.5. The van der Waals surface area contributed by atoms with E-state index in [2.05, 4.69) is 24.1 Å². The third-order valence-electron chi connectivity index (χ3n) is 5.52. The molecule has 0 aromatic rings. The Morgan fingerprint density at radius 1 is 1.15 bits per heavy atom. The molecule has 0 bridgehead atoms. The first-order valence-corrected chi connectivity index (χ1v) is 8.76. The van der Waals surface area contributed by atoms with Gasteiger partial charge in [0.15, 0.2) is 0 Å². The molecule has 3 nitrogen and oxygen atoms in total. The highest BCUT2D eigenvalue weighted by Gasteiger charge is 2.34. The van der Waals surface area contributed by atoms with E-state index in [-0.39, 0.29) is 5.60 Å². The SMILES string of the molecule is CC1(C)CCC(CN2CCNC(C3CCCCC3)C2)O1. The zero-order valence-electron chi connectivity index (χ0n) is 13.4. The topological polar surface area (TPSA) is 24.5 Å². The zero-order valence-corrected chi connectivity index (χ0v) is 13.4. The highest BCUT2D eigenvalue weighted by Crippen LogP contribution is 2.31. The van der Waals surface area contributed by atoms with Gasteiger partial charge < -0.3 is 10.1 Å². The van der Waals surface area contributed by atoms with Gasteiger partial charge in [-0.1, -0.05) is 19.3 Å². The quantitative estimate of drug-likeness (QED) is 0.860. The maximum atomic E-state index is 6.17. The van der Waals surface area contributed by atoms with Gasteiger partial charge in [0, 0.05) is 32.2 Å². The fourth-order valence-electron chi connectivity index (χ4n) is 4.35. The first-order valence-electron chi connectivity index (χ1n) is 8.76. The minimum Gasteiger partial charge on any atom is -0.371 e. The summed E-state index contributed by atoms with van der Waals surface area (Å²) in [6.45, 7) is 9.21. The van der Waals surface area contributed by atoms with Crippen LogP contribution in [0.3, 0.4) is 0 Å². The van der Waals surface area contributed by atoms with Crippen LogP contribution >= 0.6 is 0 Å².